The maximum atomic E-state index is 13.0. The summed E-state index contributed by atoms with van der Waals surface area (Å²) in [7, 11) is 1.37. The number of amides is 3. The Morgan fingerprint density at radius 2 is 1.84 bits per heavy atom. The van der Waals surface area contributed by atoms with Crippen LogP contribution in [0.4, 0.5) is 29.5 Å². The van der Waals surface area contributed by atoms with E-state index in [2.05, 4.69) is 25.8 Å². The monoisotopic (exact) mass is 453 g/mol. The van der Waals surface area contributed by atoms with Gasteiger partial charge in [0.05, 0.1) is 18.2 Å². The van der Waals surface area contributed by atoms with E-state index in [0.29, 0.717) is 13.1 Å². The lowest BCUT2D eigenvalue weighted by Crippen LogP contribution is -2.34. The summed E-state index contributed by atoms with van der Waals surface area (Å²) in [5.41, 5.74) is -0.574. The van der Waals surface area contributed by atoms with Gasteiger partial charge in [0.25, 0.3) is 5.91 Å². The molecule has 0 saturated carbocycles. The molecule has 3 N–H and O–H groups in total. The van der Waals surface area contributed by atoms with E-state index in [4.69, 9.17) is 4.74 Å². The van der Waals surface area contributed by atoms with Crippen LogP contribution in [-0.4, -0.2) is 55.1 Å². The minimum Gasteiger partial charge on any atom is -0.496 e. The number of hydrogen-bond acceptors (Lipinski definition) is 5. The van der Waals surface area contributed by atoms with Crippen LogP contribution in [0.25, 0.3) is 0 Å². The van der Waals surface area contributed by atoms with Gasteiger partial charge in [-0.25, -0.2) is 9.78 Å². The van der Waals surface area contributed by atoms with Gasteiger partial charge in [0.2, 0.25) is 0 Å². The van der Waals surface area contributed by atoms with Crippen LogP contribution < -0.4 is 20.7 Å². The highest BCUT2D eigenvalue weighted by atomic mass is 19.4. The number of halogens is 3. The van der Waals surface area contributed by atoms with Crippen LogP contribution in [0.5, 0.6) is 5.75 Å². The van der Waals surface area contributed by atoms with E-state index in [0.717, 1.165) is 31.4 Å². The number of carbonyl (C=O) groups is 2. The molecule has 0 radical (unpaired) electrons. The normalized spacial score (nSPS) is 11.2. The average molecular weight is 453 g/mol. The van der Waals surface area contributed by atoms with Crippen molar-refractivity contribution in [1.29, 1.82) is 0 Å². The third-order valence-corrected chi connectivity index (χ3v) is 4.66. The maximum Gasteiger partial charge on any atom is 0.419 e. The summed E-state index contributed by atoms with van der Waals surface area (Å²) in [4.78, 5) is 30.4. The lowest BCUT2D eigenvalue weighted by molar-refractivity contribution is -0.137. The van der Waals surface area contributed by atoms with Crippen molar-refractivity contribution >= 4 is 23.4 Å². The van der Waals surface area contributed by atoms with Crippen molar-refractivity contribution in [1.82, 2.24) is 15.2 Å². The molecule has 0 bridgehead atoms. The van der Waals surface area contributed by atoms with Crippen LogP contribution in [0.1, 0.15) is 29.8 Å². The third-order valence-electron chi connectivity index (χ3n) is 4.66. The molecule has 0 spiro atoms. The molecule has 8 nitrogen and oxygen atoms in total. The lowest BCUT2D eigenvalue weighted by atomic mass is 10.1. The fraction of sp³-hybridized carbons (Fsp3) is 0.381. The number of alkyl halides is 3. The van der Waals surface area contributed by atoms with Crippen molar-refractivity contribution in [2.45, 2.75) is 20.0 Å². The molecular formula is C21H26F3N5O3. The number of pyridine rings is 1. The Balaban J connectivity index is 2.05. The fourth-order valence-corrected chi connectivity index (χ4v) is 2.92. The fourth-order valence-electron chi connectivity index (χ4n) is 2.92. The lowest BCUT2D eigenvalue weighted by Gasteiger charge is -2.18. The number of rotatable bonds is 9. The molecule has 1 heterocycles. The second-order valence-electron chi connectivity index (χ2n) is 6.67. The van der Waals surface area contributed by atoms with E-state index < -0.39 is 23.6 Å². The Kier molecular flexibility index (Phi) is 8.82. The smallest absolute Gasteiger partial charge is 0.419 e. The molecule has 0 unspecified atom stereocenters. The average Bonchev–Trinajstić information content (AvgIpc) is 2.76. The summed E-state index contributed by atoms with van der Waals surface area (Å²) in [6.07, 6.45) is -3.53. The van der Waals surface area contributed by atoms with Gasteiger partial charge in [0.15, 0.2) is 0 Å². The number of nitrogens with one attached hydrogen (secondary N) is 3. The molecule has 174 valence electrons. The molecule has 2 rings (SSSR count). The molecular weight excluding hydrogens is 427 g/mol. The first kappa shape index (κ1) is 24.9. The number of aromatic nitrogens is 1. The first-order chi connectivity index (χ1) is 15.2. The van der Waals surface area contributed by atoms with Gasteiger partial charge in [0, 0.05) is 31.0 Å². The number of nitrogens with zero attached hydrogens (tertiary/aromatic N) is 2. The molecule has 0 saturated heterocycles. The first-order valence-corrected chi connectivity index (χ1v) is 9.98. The van der Waals surface area contributed by atoms with Crippen LogP contribution in [0.2, 0.25) is 0 Å². The summed E-state index contributed by atoms with van der Waals surface area (Å²) >= 11 is 0. The Morgan fingerprint density at radius 3 is 2.47 bits per heavy atom. The van der Waals surface area contributed by atoms with E-state index in [1.807, 2.05) is 13.8 Å². The van der Waals surface area contributed by atoms with E-state index in [1.165, 1.54) is 25.3 Å². The van der Waals surface area contributed by atoms with Crippen molar-refractivity contribution in [3.8, 4) is 5.75 Å². The van der Waals surface area contributed by atoms with E-state index in [9.17, 15) is 22.8 Å². The molecule has 3 amide bonds. The van der Waals surface area contributed by atoms with Gasteiger partial charge in [-0.15, -0.1) is 0 Å². The van der Waals surface area contributed by atoms with Gasteiger partial charge in [-0.05, 0) is 37.4 Å². The quantitative estimate of drug-likeness (QED) is 0.537. The van der Waals surface area contributed by atoms with Gasteiger partial charge in [0.1, 0.15) is 11.6 Å². The van der Waals surface area contributed by atoms with Gasteiger partial charge in [-0.2, -0.15) is 13.2 Å². The minimum absolute atomic E-state index is 0.206. The third kappa shape index (κ3) is 6.84. The minimum atomic E-state index is -4.67. The first-order valence-electron chi connectivity index (χ1n) is 9.98. The van der Waals surface area contributed by atoms with Gasteiger partial charge >= 0.3 is 12.2 Å². The number of benzene rings is 1. The highest BCUT2D eigenvalue weighted by Crippen LogP contribution is 2.33. The zero-order valence-electron chi connectivity index (χ0n) is 18.0. The highest BCUT2D eigenvalue weighted by Gasteiger charge is 2.34. The van der Waals surface area contributed by atoms with Crippen molar-refractivity contribution < 1.29 is 27.5 Å². The van der Waals surface area contributed by atoms with Crippen LogP contribution in [0, 0.1) is 0 Å². The van der Waals surface area contributed by atoms with Crippen LogP contribution in [0.15, 0.2) is 36.5 Å². The summed E-state index contributed by atoms with van der Waals surface area (Å²) in [5.74, 6) is -0.751. The molecule has 11 heteroatoms. The zero-order valence-corrected chi connectivity index (χ0v) is 18.0. The highest BCUT2D eigenvalue weighted by molar-refractivity contribution is 6.01. The van der Waals surface area contributed by atoms with Crippen molar-refractivity contribution in [2.75, 3.05) is 43.9 Å². The Labute approximate surface area is 184 Å². The SMILES string of the molecule is CCN(CC)CCNC(=O)c1ccc(NC(=O)Nc2ncccc2C(F)(F)F)cc1OC. The molecule has 0 aliphatic heterocycles. The second kappa shape index (κ2) is 11.3. The second-order valence-corrected chi connectivity index (χ2v) is 6.67. The molecule has 32 heavy (non-hydrogen) atoms. The molecule has 2 aromatic rings. The molecule has 0 atom stereocenters. The number of hydrogen-bond donors (Lipinski definition) is 3. The van der Waals surface area contributed by atoms with E-state index >= 15 is 0 Å². The molecule has 1 aromatic heterocycles. The molecule has 0 aliphatic rings. The van der Waals surface area contributed by atoms with Gasteiger partial charge in [-0.3, -0.25) is 10.1 Å². The van der Waals surface area contributed by atoms with Crippen molar-refractivity contribution in [3.63, 3.8) is 0 Å². The number of likely N-dealkylation sites (N-methyl/N-ethyl adjacent to an activating group) is 1. The Hall–Kier alpha value is -3.34. The number of ether oxygens (including phenoxy) is 1. The van der Waals surface area contributed by atoms with Gasteiger partial charge < -0.3 is 20.3 Å². The number of urea groups is 1. The van der Waals surface area contributed by atoms with Gasteiger partial charge in [-0.1, -0.05) is 13.8 Å². The van der Waals surface area contributed by atoms with E-state index in [-0.39, 0.29) is 22.9 Å². The largest absolute Gasteiger partial charge is 0.496 e. The summed E-state index contributed by atoms with van der Waals surface area (Å²) in [6, 6.07) is 5.34. The summed E-state index contributed by atoms with van der Waals surface area (Å²) in [6.45, 7) is 6.98. The van der Waals surface area contributed by atoms with Crippen molar-refractivity contribution in [2.24, 2.45) is 0 Å². The topological polar surface area (TPSA) is 95.6 Å². The summed E-state index contributed by atoms with van der Waals surface area (Å²) in [5, 5.41) is 7.30. The predicted molar refractivity (Wildman–Crippen MR) is 115 cm³/mol. The molecule has 0 aliphatic carbocycles. The van der Waals surface area contributed by atoms with E-state index in [1.54, 1.807) is 0 Å². The Bertz CT molecular complexity index is 933. The maximum absolute atomic E-state index is 13.0. The van der Waals surface area contributed by atoms with Crippen molar-refractivity contribution in [3.05, 3.63) is 47.7 Å². The number of carbonyl (C=O) groups excluding carboxylic acids is 2. The zero-order chi connectivity index (χ0) is 23.7. The van der Waals surface area contributed by atoms with Crippen LogP contribution in [0.3, 0.4) is 0 Å². The number of anilines is 2. The number of methoxy groups -OCH3 is 1. The standard InChI is InChI=1S/C21H26F3N5O3/c1-4-29(5-2)12-11-26-19(30)15-9-8-14(13-17(15)32-3)27-20(31)28-18-16(21(22,23)24)7-6-10-25-18/h6-10,13H,4-5,11-12H2,1-3H3,(H,26,30)(H2,25,27,28,31). The Morgan fingerprint density at radius 1 is 1.12 bits per heavy atom. The summed E-state index contributed by atoms with van der Waals surface area (Å²) < 4.78 is 44.4. The van der Waals surface area contributed by atoms with Crippen LogP contribution in [-0.2, 0) is 6.18 Å². The predicted octanol–water partition coefficient (Wildman–Crippen LogP) is 3.82. The van der Waals surface area contributed by atoms with Crippen LogP contribution >= 0.6 is 0 Å². The molecule has 0 fully saturated rings. The molecule has 1 aromatic carbocycles.